The van der Waals surface area contributed by atoms with E-state index in [1.165, 1.54) is 0 Å². The van der Waals surface area contributed by atoms with Crippen LogP contribution in [-0.4, -0.2) is 51.8 Å². The molecule has 1 N–H and O–H groups in total. The number of benzene rings is 1. The zero-order valence-corrected chi connectivity index (χ0v) is 14.8. The molecule has 24 heavy (non-hydrogen) atoms. The standard InChI is InChI=1S/C17H22ClN5O/c1-3-15-20-16(17(24)22-10-6-7-12(11-22)19-2)21-23(15)14-9-5-4-8-13(14)18/h4-5,8-9,12,19H,3,6-7,10-11H2,1-2H3. The average Bonchev–Trinajstić information content (AvgIpc) is 3.05. The number of amides is 1. The number of nitrogens with zero attached hydrogens (tertiary/aromatic N) is 4. The lowest BCUT2D eigenvalue weighted by Crippen LogP contribution is -2.47. The van der Waals surface area contributed by atoms with Crippen molar-refractivity contribution in [3.63, 3.8) is 0 Å². The fourth-order valence-electron chi connectivity index (χ4n) is 3.02. The molecule has 1 aromatic heterocycles. The van der Waals surface area contributed by atoms with Crippen LogP contribution in [0.3, 0.4) is 0 Å². The molecule has 1 aromatic carbocycles. The fraction of sp³-hybridized carbons (Fsp3) is 0.471. The number of aryl methyl sites for hydroxylation is 1. The van der Waals surface area contributed by atoms with Crippen molar-refractivity contribution in [2.45, 2.75) is 32.2 Å². The summed E-state index contributed by atoms with van der Waals surface area (Å²) in [5.74, 6) is 0.854. The Morgan fingerprint density at radius 3 is 2.92 bits per heavy atom. The first-order valence-electron chi connectivity index (χ1n) is 8.31. The molecule has 0 saturated carbocycles. The lowest BCUT2D eigenvalue weighted by molar-refractivity contribution is 0.0686. The minimum atomic E-state index is -0.115. The summed E-state index contributed by atoms with van der Waals surface area (Å²) in [6.45, 7) is 3.43. The molecule has 6 nitrogen and oxygen atoms in total. The van der Waals surface area contributed by atoms with Gasteiger partial charge in [-0.15, -0.1) is 5.10 Å². The number of rotatable bonds is 4. The van der Waals surface area contributed by atoms with Crippen molar-refractivity contribution in [1.82, 2.24) is 25.0 Å². The van der Waals surface area contributed by atoms with Crippen LogP contribution in [-0.2, 0) is 6.42 Å². The van der Waals surface area contributed by atoms with Gasteiger partial charge in [0.15, 0.2) is 0 Å². The number of piperidine rings is 1. The van der Waals surface area contributed by atoms with Gasteiger partial charge in [0, 0.05) is 25.6 Å². The average molecular weight is 348 g/mol. The molecule has 0 bridgehead atoms. The summed E-state index contributed by atoms with van der Waals surface area (Å²) >= 11 is 6.27. The molecule has 3 rings (SSSR count). The molecule has 128 valence electrons. The minimum Gasteiger partial charge on any atom is -0.334 e. The summed E-state index contributed by atoms with van der Waals surface area (Å²) in [5, 5.41) is 8.28. The molecule has 0 radical (unpaired) electrons. The van der Waals surface area contributed by atoms with Gasteiger partial charge < -0.3 is 10.2 Å². The van der Waals surface area contributed by atoms with Gasteiger partial charge in [0.05, 0.1) is 10.7 Å². The summed E-state index contributed by atoms with van der Waals surface area (Å²) in [6, 6.07) is 7.78. The highest BCUT2D eigenvalue weighted by molar-refractivity contribution is 6.32. The highest BCUT2D eigenvalue weighted by Crippen LogP contribution is 2.21. The van der Waals surface area contributed by atoms with E-state index in [0.717, 1.165) is 30.9 Å². The van der Waals surface area contributed by atoms with Crippen molar-refractivity contribution in [1.29, 1.82) is 0 Å². The number of para-hydroxylation sites is 1. The molecule has 0 spiro atoms. The molecular formula is C17H22ClN5O. The predicted octanol–water partition coefficient (Wildman–Crippen LogP) is 2.31. The van der Waals surface area contributed by atoms with Crippen LogP contribution in [0.15, 0.2) is 24.3 Å². The number of aromatic nitrogens is 3. The summed E-state index contributed by atoms with van der Waals surface area (Å²) in [7, 11) is 1.93. The first-order chi connectivity index (χ1) is 11.6. The molecule has 1 fully saturated rings. The summed E-state index contributed by atoms with van der Waals surface area (Å²) in [6.07, 6.45) is 2.75. The molecule has 1 atom stereocenters. The quantitative estimate of drug-likeness (QED) is 0.921. The lowest BCUT2D eigenvalue weighted by Gasteiger charge is -2.31. The Hall–Kier alpha value is -1.92. The monoisotopic (exact) mass is 347 g/mol. The van der Waals surface area contributed by atoms with E-state index in [1.807, 2.05) is 43.1 Å². The van der Waals surface area contributed by atoms with Crippen molar-refractivity contribution in [3.05, 3.63) is 40.9 Å². The van der Waals surface area contributed by atoms with E-state index in [4.69, 9.17) is 11.6 Å². The first-order valence-corrected chi connectivity index (χ1v) is 8.69. The summed E-state index contributed by atoms with van der Waals surface area (Å²) in [4.78, 5) is 19.1. The molecule has 7 heteroatoms. The maximum absolute atomic E-state index is 12.8. The molecule has 2 aromatic rings. The van der Waals surface area contributed by atoms with Crippen molar-refractivity contribution >= 4 is 17.5 Å². The molecule has 1 aliphatic heterocycles. The van der Waals surface area contributed by atoms with E-state index in [1.54, 1.807) is 4.68 Å². The second-order valence-electron chi connectivity index (χ2n) is 5.95. The van der Waals surface area contributed by atoms with Gasteiger partial charge in [0.2, 0.25) is 5.82 Å². The third kappa shape index (κ3) is 3.30. The van der Waals surface area contributed by atoms with Gasteiger partial charge in [0.25, 0.3) is 5.91 Å². The Bertz CT molecular complexity index is 730. The Morgan fingerprint density at radius 1 is 1.42 bits per heavy atom. The number of hydrogen-bond acceptors (Lipinski definition) is 4. The smallest absolute Gasteiger partial charge is 0.293 e. The van der Waals surface area contributed by atoms with E-state index < -0.39 is 0 Å². The van der Waals surface area contributed by atoms with Crippen molar-refractivity contribution < 1.29 is 4.79 Å². The van der Waals surface area contributed by atoms with Gasteiger partial charge in [-0.2, -0.15) is 0 Å². The number of hydrogen-bond donors (Lipinski definition) is 1. The van der Waals surface area contributed by atoms with Crippen LogP contribution in [0.25, 0.3) is 5.69 Å². The van der Waals surface area contributed by atoms with E-state index >= 15 is 0 Å². The second kappa shape index (κ2) is 7.32. The lowest BCUT2D eigenvalue weighted by atomic mass is 10.1. The number of likely N-dealkylation sites (N-methyl/N-ethyl adjacent to an activating group) is 1. The van der Waals surface area contributed by atoms with Crippen molar-refractivity contribution in [3.8, 4) is 5.69 Å². The van der Waals surface area contributed by atoms with Crippen molar-refractivity contribution in [2.24, 2.45) is 0 Å². The number of carbonyl (C=O) groups excluding carboxylic acids is 1. The van der Waals surface area contributed by atoms with E-state index in [2.05, 4.69) is 15.4 Å². The maximum atomic E-state index is 12.8. The van der Waals surface area contributed by atoms with Gasteiger partial charge in [-0.05, 0) is 32.0 Å². The van der Waals surface area contributed by atoms with Gasteiger partial charge in [-0.25, -0.2) is 9.67 Å². The number of halogens is 1. The Labute approximate surface area is 146 Å². The SMILES string of the molecule is CCc1nc(C(=O)N2CCCC(NC)C2)nn1-c1ccccc1Cl. The fourth-order valence-corrected chi connectivity index (χ4v) is 3.23. The zero-order valence-electron chi connectivity index (χ0n) is 14.0. The molecule has 2 heterocycles. The highest BCUT2D eigenvalue weighted by Gasteiger charge is 2.27. The van der Waals surface area contributed by atoms with Gasteiger partial charge in [-0.1, -0.05) is 30.7 Å². The molecular weight excluding hydrogens is 326 g/mol. The normalized spacial score (nSPS) is 18.0. The van der Waals surface area contributed by atoms with Crippen LogP contribution in [0.2, 0.25) is 5.02 Å². The Balaban J connectivity index is 1.90. The maximum Gasteiger partial charge on any atom is 0.293 e. The first kappa shape index (κ1) is 16.9. The highest BCUT2D eigenvalue weighted by atomic mass is 35.5. The molecule has 1 amide bonds. The third-order valence-electron chi connectivity index (χ3n) is 4.38. The largest absolute Gasteiger partial charge is 0.334 e. The van der Waals surface area contributed by atoms with Crippen LogP contribution in [0.1, 0.15) is 36.2 Å². The van der Waals surface area contributed by atoms with E-state index in [-0.39, 0.29) is 11.7 Å². The minimum absolute atomic E-state index is 0.115. The van der Waals surface area contributed by atoms with Crippen LogP contribution >= 0.6 is 11.6 Å². The predicted molar refractivity (Wildman–Crippen MR) is 93.7 cm³/mol. The molecule has 1 aliphatic rings. The molecule has 1 unspecified atom stereocenters. The van der Waals surface area contributed by atoms with Crippen LogP contribution in [0.4, 0.5) is 0 Å². The Morgan fingerprint density at radius 2 is 2.21 bits per heavy atom. The Kier molecular flexibility index (Phi) is 5.16. The number of likely N-dealkylation sites (tertiary alicyclic amines) is 1. The number of carbonyl (C=O) groups is 1. The van der Waals surface area contributed by atoms with E-state index in [9.17, 15) is 4.79 Å². The van der Waals surface area contributed by atoms with Crippen LogP contribution in [0, 0.1) is 0 Å². The van der Waals surface area contributed by atoms with Gasteiger partial charge in [0.1, 0.15) is 5.82 Å². The summed E-state index contributed by atoms with van der Waals surface area (Å²) < 4.78 is 1.68. The van der Waals surface area contributed by atoms with Crippen molar-refractivity contribution in [2.75, 3.05) is 20.1 Å². The number of nitrogens with one attached hydrogen (secondary N) is 1. The van der Waals surface area contributed by atoms with Gasteiger partial charge >= 0.3 is 0 Å². The zero-order chi connectivity index (χ0) is 17.1. The summed E-state index contributed by atoms with van der Waals surface area (Å²) in [5.41, 5.74) is 0.745. The molecule has 0 aliphatic carbocycles. The van der Waals surface area contributed by atoms with Crippen LogP contribution < -0.4 is 5.32 Å². The van der Waals surface area contributed by atoms with Crippen LogP contribution in [0.5, 0.6) is 0 Å². The molecule has 1 saturated heterocycles. The second-order valence-corrected chi connectivity index (χ2v) is 6.35. The van der Waals surface area contributed by atoms with E-state index in [0.29, 0.717) is 24.0 Å². The topological polar surface area (TPSA) is 63.1 Å². The van der Waals surface area contributed by atoms with Gasteiger partial charge in [-0.3, -0.25) is 4.79 Å². The third-order valence-corrected chi connectivity index (χ3v) is 4.70.